The van der Waals surface area contributed by atoms with Crippen molar-refractivity contribution in [2.24, 2.45) is 5.84 Å². The standard InChI is InChI=1S/C10H13BrN6S/c1-5-3-18-10(15-5)6(2)16-8-7(11)9(17-12)14-4-13-8/h3-4,6H,12H2,1-2H3,(H2,13,14,16,17). The Hall–Kier alpha value is -1.25. The third kappa shape index (κ3) is 2.77. The Morgan fingerprint density at radius 1 is 1.39 bits per heavy atom. The van der Waals surface area contributed by atoms with Gasteiger partial charge in [-0.1, -0.05) is 0 Å². The molecule has 0 radical (unpaired) electrons. The van der Waals surface area contributed by atoms with Gasteiger partial charge in [-0.05, 0) is 29.8 Å². The van der Waals surface area contributed by atoms with Crippen molar-refractivity contribution in [1.82, 2.24) is 15.0 Å². The van der Waals surface area contributed by atoms with Gasteiger partial charge < -0.3 is 10.7 Å². The lowest BCUT2D eigenvalue weighted by atomic mass is 10.3. The lowest BCUT2D eigenvalue weighted by Crippen LogP contribution is -2.13. The van der Waals surface area contributed by atoms with Gasteiger partial charge in [-0.2, -0.15) is 0 Å². The summed E-state index contributed by atoms with van der Waals surface area (Å²) in [6, 6.07) is 0.0699. The van der Waals surface area contributed by atoms with Crippen LogP contribution in [-0.2, 0) is 0 Å². The highest BCUT2D eigenvalue weighted by Gasteiger charge is 2.13. The van der Waals surface area contributed by atoms with Crippen LogP contribution in [0.1, 0.15) is 23.7 Å². The summed E-state index contributed by atoms with van der Waals surface area (Å²) in [4.78, 5) is 12.6. The first kappa shape index (κ1) is 13.2. The Labute approximate surface area is 117 Å². The minimum absolute atomic E-state index is 0.0699. The number of anilines is 2. The molecule has 0 saturated carbocycles. The number of thiazole rings is 1. The van der Waals surface area contributed by atoms with Crippen molar-refractivity contribution in [3.05, 3.63) is 26.9 Å². The number of aromatic nitrogens is 3. The van der Waals surface area contributed by atoms with Crippen LogP contribution in [0.5, 0.6) is 0 Å². The average Bonchev–Trinajstić information content (AvgIpc) is 2.78. The van der Waals surface area contributed by atoms with E-state index in [9.17, 15) is 0 Å². The van der Waals surface area contributed by atoms with Crippen LogP contribution < -0.4 is 16.6 Å². The number of nitrogens with zero attached hydrogens (tertiary/aromatic N) is 3. The Kier molecular flexibility index (Phi) is 4.10. The zero-order valence-electron chi connectivity index (χ0n) is 9.94. The van der Waals surface area contributed by atoms with E-state index in [2.05, 4.69) is 41.6 Å². The van der Waals surface area contributed by atoms with Crippen LogP contribution in [0, 0.1) is 6.92 Å². The fraction of sp³-hybridized carbons (Fsp3) is 0.300. The van der Waals surface area contributed by atoms with E-state index >= 15 is 0 Å². The topological polar surface area (TPSA) is 88.8 Å². The van der Waals surface area contributed by atoms with Gasteiger partial charge in [-0.15, -0.1) is 11.3 Å². The van der Waals surface area contributed by atoms with E-state index < -0.39 is 0 Å². The molecule has 2 rings (SSSR count). The first-order valence-electron chi connectivity index (χ1n) is 5.27. The lowest BCUT2D eigenvalue weighted by Gasteiger charge is -2.14. The Morgan fingerprint density at radius 3 is 2.72 bits per heavy atom. The largest absolute Gasteiger partial charge is 0.360 e. The molecule has 0 amide bonds. The van der Waals surface area contributed by atoms with Crippen molar-refractivity contribution in [2.75, 3.05) is 10.7 Å². The smallest absolute Gasteiger partial charge is 0.159 e. The third-order valence-electron chi connectivity index (χ3n) is 2.29. The second kappa shape index (κ2) is 5.59. The molecule has 2 aromatic heterocycles. The van der Waals surface area contributed by atoms with Gasteiger partial charge in [0.05, 0.1) is 6.04 Å². The molecular formula is C10H13BrN6S. The molecule has 0 aliphatic heterocycles. The Balaban J connectivity index is 2.19. The molecule has 2 aromatic rings. The highest BCUT2D eigenvalue weighted by Crippen LogP contribution is 2.29. The van der Waals surface area contributed by atoms with Crippen molar-refractivity contribution in [3.63, 3.8) is 0 Å². The maximum Gasteiger partial charge on any atom is 0.159 e. The van der Waals surface area contributed by atoms with Crippen molar-refractivity contribution in [1.29, 1.82) is 0 Å². The zero-order valence-corrected chi connectivity index (χ0v) is 12.3. The van der Waals surface area contributed by atoms with Crippen molar-refractivity contribution in [2.45, 2.75) is 19.9 Å². The van der Waals surface area contributed by atoms with E-state index in [1.807, 2.05) is 19.2 Å². The summed E-state index contributed by atoms with van der Waals surface area (Å²) in [5.41, 5.74) is 3.52. The molecule has 0 aliphatic carbocycles. The van der Waals surface area contributed by atoms with Crippen LogP contribution in [0.2, 0.25) is 0 Å². The van der Waals surface area contributed by atoms with E-state index in [1.165, 1.54) is 6.33 Å². The van der Waals surface area contributed by atoms with Gasteiger partial charge in [-0.3, -0.25) is 0 Å². The molecule has 0 spiro atoms. The molecule has 6 nitrogen and oxygen atoms in total. The van der Waals surface area contributed by atoms with Crippen LogP contribution in [0.25, 0.3) is 0 Å². The maximum atomic E-state index is 5.36. The van der Waals surface area contributed by atoms with Crippen molar-refractivity contribution in [3.8, 4) is 0 Å². The number of nitrogens with one attached hydrogen (secondary N) is 2. The number of nitrogen functional groups attached to an aromatic ring is 1. The first-order valence-corrected chi connectivity index (χ1v) is 6.94. The summed E-state index contributed by atoms with van der Waals surface area (Å²) in [7, 11) is 0. The van der Waals surface area contributed by atoms with Gasteiger partial charge in [-0.25, -0.2) is 20.8 Å². The fourth-order valence-electron chi connectivity index (χ4n) is 1.41. The van der Waals surface area contributed by atoms with Crippen molar-refractivity contribution >= 4 is 38.9 Å². The summed E-state index contributed by atoms with van der Waals surface area (Å²) >= 11 is 5.02. The maximum absolute atomic E-state index is 5.36. The zero-order chi connectivity index (χ0) is 13.1. The summed E-state index contributed by atoms with van der Waals surface area (Å²) in [6.07, 6.45) is 1.45. The van der Waals surface area contributed by atoms with Gasteiger partial charge in [0.25, 0.3) is 0 Å². The molecule has 0 bridgehead atoms. The van der Waals surface area contributed by atoms with E-state index in [4.69, 9.17) is 5.84 Å². The molecule has 0 aliphatic rings. The molecule has 18 heavy (non-hydrogen) atoms. The van der Waals surface area contributed by atoms with Gasteiger partial charge in [0.1, 0.15) is 21.6 Å². The summed E-state index contributed by atoms with van der Waals surface area (Å²) in [5, 5.41) is 6.31. The van der Waals surface area contributed by atoms with E-state index in [0.29, 0.717) is 16.1 Å². The molecule has 2 heterocycles. The van der Waals surface area contributed by atoms with Crippen LogP contribution in [0.15, 0.2) is 16.2 Å². The van der Waals surface area contributed by atoms with Gasteiger partial charge in [0, 0.05) is 11.1 Å². The molecule has 0 saturated heterocycles. The molecule has 8 heteroatoms. The highest BCUT2D eigenvalue weighted by atomic mass is 79.9. The van der Waals surface area contributed by atoms with E-state index in [1.54, 1.807) is 11.3 Å². The van der Waals surface area contributed by atoms with Crippen LogP contribution in [-0.4, -0.2) is 15.0 Å². The molecular weight excluding hydrogens is 316 g/mol. The predicted octanol–water partition coefficient (Wildman–Crippen LogP) is 2.46. The number of hydrogen-bond donors (Lipinski definition) is 3. The number of nitrogens with two attached hydrogens (primary N) is 1. The summed E-state index contributed by atoms with van der Waals surface area (Å²) in [6.45, 7) is 4.01. The van der Waals surface area contributed by atoms with Gasteiger partial charge >= 0.3 is 0 Å². The number of aryl methyl sites for hydroxylation is 1. The molecule has 0 aromatic carbocycles. The van der Waals surface area contributed by atoms with Crippen LogP contribution in [0.4, 0.5) is 11.6 Å². The second-order valence-electron chi connectivity index (χ2n) is 3.72. The molecule has 0 fully saturated rings. The minimum atomic E-state index is 0.0699. The number of rotatable bonds is 4. The van der Waals surface area contributed by atoms with Crippen LogP contribution >= 0.6 is 27.3 Å². The SMILES string of the molecule is Cc1csc(C(C)Nc2ncnc(NN)c2Br)n1. The number of hydrazine groups is 1. The quantitative estimate of drug-likeness (QED) is 0.590. The Morgan fingerprint density at radius 2 is 2.11 bits per heavy atom. The van der Waals surface area contributed by atoms with Gasteiger partial charge in [0.2, 0.25) is 0 Å². The van der Waals surface area contributed by atoms with Gasteiger partial charge in [0.15, 0.2) is 5.82 Å². The van der Waals surface area contributed by atoms with Crippen molar-refractivity contribution < 1.29 is 0 Å². The average molecular weight is 329 g/mol. The molecule has 4 N–H and O–H groups in total. The second-order valence-corrected chi connectivity index (χ2v) is 5.41. The molecule has 1 unspecified atom stereocenters. The van der Waals surface area contributed by atoms with Crippen LogP contribution in [0.3, 0.4) is 0 Å². The summed E-state index contributed by atoms with van der Waals surface area (Å²) in [5.74, 6) is 6.57. The third-order valence-corrected chi connectivity index (χ3v) is 4.18. The molecule has 96 valence electrons. The normalized spacial score (nSPS) is 12.2. The number of hydrogen-bond acceptors (Lipinski definition) is 7. The Bertz CT molecular complexity index is 543. The monoisotopic (exact) mass is 328 g/mol. The predicted molar refractivity (Wildman–Crippen MR) is 76.4 cm³/mol. The summed E-state index contributed by atoms with van der Waals surface area (Å²) < 4.78 is 0.702. The fourth-order valence-corrected chi connectivity index (χ4v) is 2.65. The van der Waals surface area contributed by atoms with E-state index in [-0.39, 0.29) is 6.04 Å². The van der Waals surface area contributed by atoms with E-state index in [0.717, 1.165) is 10.7 Å². The lowest BCUT2D eigenvalue weighted by molar-refractivity contribution is 0.851. The molecule has 1 atom stereocenters. The minimum Gasteiger partial charge on any atom is -0.360 e. The first-order chi connectivity index (χ1) is 8.61. The highest BCUT2D eigenvalue weighted by molar-refractivity contribution is 9.10. The number of halogens is 1.